The molecule has 1 aliphatic heterocycles. The summed E-state index contributed by atoms with van der Waals surface area (Å²) in [6, 6.07) is 15.8. The molecule has 1 amide bonds. The van der Waals surface area contributed by atoms with Gasteiger partial charge in [0.1, 0.15) is 5.01 Å². The second-order valence-corrected chi connectivity index (χ2v) is 7.34. The van der Waals surface area contributed by atoms with Crippen LogP contribution in [0.25, 0.3) is 10.2 Å². The van der Waals surface area contributed by atoms with E-state index in [1.165, 1.54) is 4.70 Å². The minimum Gasteiger partial charge on any atom is -0.368 e. The number of para-hydroxylation sites is 2. The maximum Gasteiger partial charge on any atom is 0.250 e. The van der Waals surface area contributed by atoms with Crippen LogP contribution in [0.3, 0.4) is 0 Å². The Balaban J connectivity index is 1.42. The molecule has 0 bridgehead atoms. The molecule has 6 heteroatoms. The molecule has 0 spiro atoms. The number of hydrogen-bond acceptors (Lipinski definition) is 5. The van der Waals surface area contributed by atoms with Gasteiger partial charge < -0.3 is 10.6 Å². The number of carbonyl (C=O) groups is 1. The molecule has 128 valence electrons. The third-order valence-corrected chi connectivity index (χ3v) is 5.60. The van der Waals surface area contributed by atoms with Crippen molar-refractivity contribution in [2.24, 2.45) is 5.73 Å². The zero-order chi connectivity index (χ0) is 17.2. The minimum atomic E-state index is -0.368. The molecular weight excluding hydrogens is 332 g/mol. The summed E-state index contributed by atoms with van der Waals surface area (Å²) in [5, 5.41) is 1.16. The van der Waals surface area contributed by atoms with Gasteiger partial charge in [0.25, 0.3) is 5.91 Å². The van der Waals surface area contributed by atoms with Crippen LogP contribution >= 0.6 is 11.3 Å². The average Bonchev–Trinajstić information content (AvgIpc) is 3.04. The van der Waals surface area contributed by atoms with Crippen LogP contribution in [0, 0.1) is 0 Å². The Morgan fingerprint density at radius 2 is 1.76 bits per heavy atom. The van der Waals surface area contributed by atoms with Crippen LogP contribution in [0.15, 0.2) is 48.5 Å². The van der Waals surface area contributed by atoms with Crippen molar-refractivity contribution in [1.29, 1.82) is 0 Å². The predicted molar refractivity (Wildman–Crippen MR) is 102 cm³/mol. The van der Waals surface area contributed by atoms with Crippen molar-refractivity contribution in [3.63, 3.8) is 0 Å². The molecule has 1 fully saturated rings. The molecule has 5 nitrogen and oxygen atoms in total. The average molecular weight is 352 g/mol. The number of anilines is 1. The van der Waals surface area contributed by atoms with E-state index in [0.717, 1.165) is 48.9 Å². The third-order valence-electron chi connectivity index (χ3n) is 4.58. The summed E-state index contributed by atoms with van der Waals surface area (Å²) in [6.45, 7) is 4.54. The number of amides is 1. The highest BCUT2D eigenvalue weighted by molar-refractivity contribution is 7.18. The highest BCUT2D eigenvalue weighted by Crippen LogP contribution is 2.25. The van der Waals surface area contributed by atoms with E-state index in [-0.39, 0.29) is 5.91 Å². The third kappa shape index (κ3) is 3.36. The monoisotopic (exact) mass is 352 g/mol. The Kier molecular flexibility index (Phi) is 4.38. The molecule has 0 radical (unpaired) electrons. The molecule has 0 unspecified atom stereocenters. The van der Waals surface area contributed by atoms with Crippen molar-refractivity contribution in [2.75, 3.05) is 31.1 Å². The number of carbonyl (C=O) groups excluding carboxylic acids is 1. The maximum atomic E-state index is 11.6. The number of aromatic nitrogens is 1. The first-order valence-corrected chi connectivity index (χ1v) is 9.23. The second-order valence-electron chi connectivity index (χ2n) is 6.22. The van der Waals surface area contributed by atoms with E-state index in [1.54, 1.807) is 17.4 Å². The Morgan fingerprint density at radius 1 is 1.04 bits per heavy atom. The lowest BCUT2D eigenvalue weighted by Crippen LogP contribution is -2.46. The standard InChI is InChI=1S/C19H20N4OS/c20-19(24)14-5-1-3-7-16(14)23-11-9-22(10-12-23)13-18-21-15-6-2-4-8-17(15)25-18/h1-8H,9-13H2,(H2,20,24). The van der Waals surface area contributed by atoms with Gasteiger partial charge in [0.05, 0.1) is 22.3 Å². The largest absolute Gasteiger partial charge is 0.368 e. The predicted octanol–water partition coefficient (Wildman–Crippen LogP) is 2.72. The molecule has 3 aromatic rings. The number of nitrogens with zero attached hydrogens (tertiary/aromatic N) is 3. The number of hydrogen-bond donors (Lipinski definition) is 1. The Morgan fingerprint density at radius 3 is 2.52 bits per heavy atom. The van der Waals surface area contributed by atoms with Crippen molar-refractivity contribution in [3.05, 3.63) is 59.1 Å². The van der Waals surface area contributed by atoms with Crippen LogP contribution in [0.4, 0.5) is 5.69 Å². The summed E-state index contributed by atoms with van der Waals surface area (Å²) in [5.41, 5.74) is 8.12. The van der Waals surface area contributed by atoms with Gasteiger partial charge in [-0.3, -0.25) is 9.69 Å². The maximum absolute atomic E-state index is 11.6. The van der Waals surface area contributed by atoms with Crippen LogP contribution in [0.1, 0.15) is 15.4 Å². The van der Waals surface area contributed by atoms with Crippen molar-refractivity contribution in [3.8, 4) is 0 Å². The van der Waals surface area contributed by atoms with Gasteiger partial charge in [-0.2, -0.15) is 0 Å². The molecular formula is C19H20N4OS. The smallest absolute Gasteiger partial charge is 0.250 e. The first-order valence-electron chi connectivity index (χ1n) is 8.41. The normalized spacial score (nSPS) is 15.6. The molecule has 1 aliphatic rings. The van der Waals surface area contributed by atoms with Gasteiger partial charge in [-0.1, -0.05) is 24.3 Å². The minimum absolute atomic E-state index is 0.368. The zero-order valence-electron chi connectivity index (χ0n) is 13.9. The quantitative estimate of drug-likeness (QED) is 0.784. The fraction of sp³-hybridized carbons (Fsp3) is 0.263. The van der Waals surface area contributed by atoms with E-state index in [9.17, 15) is 4.79 Å². The summed E-state index contributed by atoms with van der Waals surface area (Å²) in [4.78, 5) is 21.0. The van der Waals surface area contributed by atoms with Crippen LogP contribution in [0.2, 0.25) is 0 Å². The lowest BCUT2D eigenvalue weighted by molar-refractivity contribution is 0.100. The van der Waals surface area contributed by atoms with E-state index in [2.05, 4.69) is 28.0 Å². The lowest BCUT2D eigenvalue weighted by atomic mass is 10.1. The SMILES string of the molecule is NC(=O)c1ccccc1N1CCN(Cc2nc3ccccc3s2)CC1. The number of nitrogens with two attached hydrogens (primary N) is 1. The van der Waals surface area contributed by atoms with E-state index >= 15 is 0 Å². The molecule has 0 atom stereocenters. The van der Waals surface area contributed by atoms with Crippen LogP contribution in [0.5, 0.6) is 0 Å². The molecule has 1 aromatic heterocycles. The molecule has 25 heavy (non-hydrogen) atoms. The summed E-state index contributed by atoms with van der Waals surface area (Å²) < 4.78 is 1.24. The Labute approximate surface area is 150 Å². The van der Waals surface area contributed by atoms with E-state index in [4.69, 9.17) is 10.7 Å². The van der Waals surface area contributed by atoms with Gasteiger partial charge >= 0.3 is 0 Å². The fourth-order valence-corrected chi connectivity index (χ4v) is 4.29. The summed E-state index contributed by atoms with van der Waals surface area (Å²) in [7, 11) is 0. The number of fused-ring (bicyclic) bond motifs is 1. The summed E-state index contributed by atoms with van der Waals surface area (Å²) >= 11 is 1.77. The Hall–Kier alpha value is -2.44. The van der Waals surface area contributed by atoms with Gasteiger partial charge in [-0.05, 0) is 24.3 Å². The number of piperazine rings is 1. The highest BCUT2D eigenvalue weighted by Gasteiger charge is 2.21. The van der Waals surface area contributed by atoms with Crippen LogP contribution < -0.4 is 10.6 Å². The lowest BCUT2D eigenvalue weighted by Gasteiger charge is -2.36. The van der Waals surface area contributed by atoms with E-state index in [0.29, 0.717) is 5.56 Å². The van der Waals surface area contributed by atoms with Gasteiger partial charge in [0, 0.05) is 31.9 Å². The molecule has 0 saturated carbocycles. The first kappa shape index (κ1) is 16.1. The van der Waals surface area contributed by atoms with E-state index in [1.807, 2.05) is 24.3 Å². The van der Waals surface area contributed by atoms with Crippen molar-refractivity contribution in [1.82, 2.24) is 9.88 Å². The second kappa shape index (κ2) is 6.82. The van der Waals surface area contributed by atoms with Gasteiger partial charge in [0.2, 0.25) is 0 Å². The van der Waals surface area contributed by atoms with Crippen LogP contribution in [-0.2, 0) is 6.54 Å². The van der Waals surface area contributed by atoms with Gasteiger partial charge in [0.15, 0.2) is 0 Å². The van der Waals surface area contributed by atoms with Crippen LogP contribution in [-0.4, -0.2) is 42.0 Å². The molecule has 2 heterocycles. The number of benzene rings is 2. The summed E-state index contributed by atoms with van der Waals surface area (Å²) in [5.74, 6) is -0.368. The number of rotatable bonds is 4. The zero-order valence-corrected chi connectivity index (χ0v) is 14.7. The number of primary amides is 1. The van der Waals surface area contributed by atoms with Crippen molar-refractivity contribution < 1.29 is 4.79 Å². The van der Waals surface area contributed by atoms with Crippen molar-refractivity contribution >= 4 is 33.1 Å². The summed E-state index contributed by atoms with van der Waals surface area (Å²) in [6.07, 6.45) is 0. The first-order chi connectivity index (χ1) is 12.2. The van der Waals surface area contributed by atoms with Crippen molar-refractivity contribution in [2.45, 2.75) is 6.54 Å². The van der Waals surface area contributed by atoms with Gasteiger partial charge in [-0.15, -0.1) is 11.3 Å². The highest BCUT2D eigenvalue weighted by atomic mass is 32.1. The van der Waals surface area contributed by atoms with E-state index < -0.39 is 0 Å². The molecule has 2 aromatic carbocycles. The Bertz CT molecular complexity index is 866. The molecule has 4 rings (SSSR count). The molecule has 1 saturated heterocycles. The molecule has 0 aliphatic carbocycles. The topological polar surface area (TPSA) is 62.5 Å². The molecule has 2 N–H and O–H groups in total. The fourth-order valence-electron chi connectivity index (χ4n) is 3.28. The van der Waals surface area contributed by atoms with Gasteiger partial charge in [-0.25, -0.2) is 4.98 Å². The number of thiazole rings is 1.